The largest absolute Gasteiger partial charge is 0.187 e. The molecule has 0 saturated carbocycles. The molecule has 2 heteroatoms. The van der Waals surface area contributed by atoms with Crippen molar-refractivity contribution in [1.82, 2.24) is 0 Å². The molecular weight excluding hydrogens is 94.0 g/mol. The Labute approximate surface area is 45.8 Å². The molecule has 0 nitrogen and oxygen atoms in total. The maximum absolute atomic E-state index is 2.31. The summed E-state index contributed by atoms with van der Waals surface area (Å²) in [5.74, 6) is 0. The molecule has 0 aromatic rings. The van der Waals surface area contributed by atoms with Crippen LogP contribution in [-0.2, 0) is 0 Å². The van der Waals surface area contributed by atoms with E-state index in [-0.39, 0.29) is 25.3 Å². The van der Waals surface area contributed by atoms with Gasteiger partial charge in [0, 0.05) is 0 Å². The topological polar surface area (TPSA) is 0 Å². The second kappa shape index (κ2) is 4.96. The molecule has 0 spiro atoms. The van der Waals surface area contributed by atoms with Crippen molar-refractivity contribution in [2.45, 2.75) is 0 Å². The number of hydrogen-bond donors (Lipinski definition) is 0. The number of hydrogen-bond acceptors (Lipinski definition) is 0. The van der Waals surface area contributed by atoms with Crippen LogP contribution in [0.4, 0.5) is 0 Å². The van der Waals surface area contributed by atoms with Gasteiger partial charge in [-0.15, -0.1) is 0 Å². The summed E-state index contributed by atoms with van der Waals surface area (Å²) in [5, 5.41) is 0. The van der Waals surface area contributed by atoms with E-state index in [0.29, 0.717) is 0 Å². The third-order valence-corrected chi connectivity index (χ3v) is 0. The van der Waals surface area contributed by atoms with Gasteiger partial charge in [0.25, 0.3) is 0 Å². The van der Waals surface area contributed by atoms with Crippen molar-refractivity contribution in [2.75, 3.05) is 20.0 Å². The molecule has 34 valence electrons. The smallest absolute Gasteiger partial charge is 0.187 e. The van der Waals surface area contributed by atoms with Crippen molar-refractivity contribution in [3.05, 3.63) is 0 Å². The van der Waals surface area contributed by atoms with Gasteiger partial charge in [0.15, 0.2) is 17.4 Å². The minimum absolute atomic E-state index is 0. The van der Waals surface area contributed by atoms with E-state index in [1.807, 2.05) is 0 Å². The maximum atomic E-state index is 2.31. The van der Waals surface area contributed by atoms with Crippen LogP contribution in [0, 0.1) is 0 Å². The predicted octanol–water partition coefficient (Wildman–Crippen LogP) is -0.362. The molecule has 0 amide bonds. The molecule has 5 heavy (non-hydrogen) atoms. The minimum Gasteiger partial charge on any atom is 0.187 e. The van der Waals surface area contributed by atoms with Crippen LogP contribution in [0.2, 0.25) is 0 Å². The van der Waals surface area contributed by atoms with E-state index in [2.05, 4.69) is 20.0 Å². The summed E-state index contributed by atoms with van der Waals surface area (Å²) in [7, 11) is -0.139. The van der Waals surface area contributed by atoms with Crippen LogP contribution in [0.15, 0.2) is 0 Å². The molecule has 0 saturated heterocycles. The molecule has 0 unspecified atom stereocenters. The van der Waals surface area contributed by atoms with Crippen molar-refractivity contribution in [2.24, 2.45) is 0 Å². The van der Waals surface area contributed by atoms with E-state index in [1.165, 1.54) is 0 Å². The van der Waals surface area contributed by atoms with E-state index in [0.717, 1.165) is 0 Å². The molecule has 0 atom stereocenters. The van der Waals surface area contributed by atoms with Crippen LogP contribution in [0.3, 0.4) is 0 Å². The zero-order chi connectivity index (χ0) is 3.58. The molecule has 0 aliphatic rings. The van der Waals surface area contributed by atoms with Crippen LogP contribution in [0.1, 0.15) is 0 Å². The summed E-state index contributed by atoms with van der Waals surface area (Å²) >= 11 is 0. The summed E-state index contributed by atoms with van der Waals surface area (Å²) in [6.07, 6.45) is 0. The second-order valence-corrected chi connectivity index (χ2v) is 5.20. The molecule has 0 rings (SSSR count). The molecule has 0 aliphatic carbocycles. The van der Waals surface area contributed by atoms with E-state index in [1.54, 1.807) is 0 Å². The minimum atomic E-state index is -0.139. The normalized spacial score (nSPS) is 9.00. The van der Waals surface area contributed by atoms with Gasteiger partial charge in [0.1, 0.15) is 0 Å². The van der Waals surface area contributed by atoms with Gasteiger partial charge in [-0.3, -0.25) is 0 Å². The molecule has 0 radical (unpaired) electrons. The van der Waals surface area contributed by atoms with Gasteiger partial charge in [-0.2, -0.15) is 0 Å². The third-order valence-electron chi connectivity index (χ3n) is 0. The van der Waals surface area contributed by atoms with Gasteiger partial charge in [-0.25, -0.2) is 0 Å². The van der Waals surface area contributed by atoms with Gasteiger partial charge in [0.05, 0.1) is 0 Å². The SMILES string of the molecule is C[PH2](C)C.[AlH3]. The quantitative estimate of drug-likeness (QED) is 0.293. The monoisotopic (exact) mass is 108 g/mol. The van der Waals surface area contributed by atoms with E-state index in [4.69, 9.17) is 0 Å². The van der Waals surface area contributed by atoms with Crippen LogP contribution in [0.25, 0.3) is 0 Å². The molecular formula is C3H14AlP. The summed E-state index contributed by atoms with van der Waals surface area (Å²) in [5.41, 5.74) is 0. The standard InChI is InChI=1S/C3H11P.Al.3H/c1-4(2)3;;;;/h4H2,1-3H3;;;;. The molecule has 0 fully saturated rings. The Balaban J connectivity index is 0. The Bertz CT molecular complexity index is 11.6. The van der Waals surface area contributed by atoms with Crippen molar-refractivity contribution >= 4 is 25.3 Å². The fourth-order valence-electron chi connectivity index (χ4n) is 0. The Hall–Kier alpha value is 0.962. The first-order chi connectivity index (χ1) is 1.73. The van der Waals surface area contributed by atoms with Crippen molar-refractivity contribution in [1.29, 1.82) is 0 Å². The molecule has 0 N–H and O–H groups in total. The van der Waals surface area contributed by atoms with Gasteiger partial charge >= 0.3 is 27.9 Å². The van der Waals surface area contributed by atoms with Crippen LogP contribution < -0.4 is 0 Å². The van der Waals surface area contributed by atoms with Gasteiger partial charge in [-0.1, -0.05) is 0 Å². The van der Waals surface area contributed by atoms with Gasteiger partial charge in [0.2, 0.25) is 0 Å². The molecule has 0 aromatic carbocycles. The zero-order valence-corrected chi connectivity index (χ0v) is 4.73. The Morgan fingerprint density at radius 3 is 1.00 bits per heavy atom. The first-order valence-electron chi connectivity index (χ1n) is 1.73. The van der Waals surface area contributed by atoms with E-state index < -0.39 is 0 Å². The first kappa shape index (κ1) is 9.35. The molecule has 0 aromatic heterocycles. The molecule has 0 bridgehead atoms. The Morgan fingerprint density at radius 2 is 1.00 bits per heavy atom. The van der Waals surface area contributed by atoms with Crippen molar-refractivity contribution < 1.29 is 0 Å². The fourth-order valence-corrected chi connectivity index (χ4v) is 0. The van der Waals surface area contributed by atoms with Gasteiger partial charge in [-0.05, 0) is 0 Å². The second-order valence-electron chi connectivity index (χ2n) is 1.73. The third kappa shape index (κ3) is 47.0. The molecule has 0 heterocycles. The van der Waals surface area contributed by atoms with Crippen molar-refractivity contribution in [3.63, 3.8) is 0 Å². The number of rotatable bonds is 0. The fraction of sp³-hybridized carbons (Fsp3) is 1.00. The van der Waals surface area contributed by atoms with Crippen LogP contribution >= 0.6 is 7.92 Å². The molecule has 0 aliphatic heterocycles. The van der Waals surface area contributed by atoms with Gasteiger partial charge < -0.3 is 0 Å². The maximum Gasteiger partial charge on any atom is 0.187 e. The zero-order valence-electron chi connectivity index (χ0n) is 3.58. The van der Waals surface area contributed by atoms with E-state index >= 15 is 0 Å². The average Bonchev–Trinajstić information content (AvgIpc) is 0.811. The summed E-state index contributed by atoms with van der Waals surface area (Å²) in [6.45, 7) is 6.92. The first-order valence-corrected chi connectivity index (χ1v) is 5.20. The Kier molecular flexibility index (Phi) is 9.28. The van der Waals surface area contributed by atoms with Crippen molar-refractivity contribution in [3.8, 4) is 0 Å². The summed E-state index contributed by atoms with van der Waals surface area (Å²) in [6, 6.07) is 0. The Morgan fingerprint density at radius 1 is 1.00 bits per heavy atom. The van der Waals surface area contributed by atoms with E-state index in [9.17, 15) is 0 Å². The summed E-state index contributed by atoms with van der Waals surface area (Å²) in [4.78, 5) is 0. The summed E-state index contributed by atoms with van der Waals surface area (Å²) < 4.78 is 0. The van der Waals surface area contributed by atoms with Crippen LogP contribution in [-0.4, -0.2) is 37.4 Å². The predicted molar refractivity (Wildman–Crippen MR) is 37.4 cm³/mol. The average molecular weight is 108 g/mol. The van der Waals surface area contributed by atoms with Crippen LogP contribution in [0.5, 0.6) is 0 Å².